The topological polar surface area (TPSA) is 60.7 Å². The lowest BCUT2D eigenvalue weighted by molar-refractivity contribution is -0.174. The molecule has 0 aromatic heterocycles. The van der Waals surface area contributed by atoms with Crippen LogP contribution in [0.25, 0.3) is 0 Å². The minimum atomic E-state index is -1.10. The fourth-order valence-electron chi connectivity index (χ4n) is 10.1. The molecule has 0 bridgehead atoms. The van der Waals surface area contributed by atoms with Crippen LogP contribution < -0.4 is 0 Å². The zero-order valence-corrected chi connectivity index (χ0v) is 22.3. The molecule has 1 aromatic rings. The van der Waals surface area contributed by atoms with Crippen LogP contribution in [0.4, 0.5) is 8.78 Å². The number of halogens is 2. The molecule has 1 unspecified atom stereocenters. The summed E-state index contributed by atoms with van der Waals surface area (Å²) in [5.41, 5.74) is 0.276. The minimum Gasteiger partial charge on any atom is -0.390 e. The number of aliphatic hydroxyl groups is 3. The summed E-state index contributed by atoms with van der Waals surface area (Å²) in [6.45, 7) is 7.28. The Morgan fingerprint density at radius 3 is 2.22 bits per heavy atom. The fraction of sp³-hybridized carbons (Fsp3) is 0.806. The maximum absolute atomic E-state index is 14.0. The zero-order chi connectivity index (χ0) is 25.8. The molecule has 202 valence electrons. The SMILES string of the molecule is C[C@H](CCCC(O)c1c(F)cccc1F)[C@H]1CC[C@H]2[C@@H]3CC[C@H]4[C@@H](O)[C@@H](O)CC[C@]4(C)[C@H]3CC[C@]12C. The number of hydrogen-bond donors (Lipinski definition) is 3. The molecule has 0 saturated heterocycles. The lowest BCUT2D eigenvalue weighted by Gasteiger charge is -2.62. The summed E-state index contributed by atoms with van der Waals surface area (Å²) in [7, 11) is 0. The number of rotatable bonds is 6. The second kappa shape index (κ2) is 9.93. The van der Waals surface area contributed by atoms with Crippen LogP contribution >= 0.6 is 0 Å². The molecule has 4 saturated carbocycles. The van der Waals surface area contributed by atoms with Gasteiger partial charge in [0.05, 0.1) is 23.9 Å². The number of aliphatic hydroxyl groups excluding tert-OH is 3. The maximum Gasteiger partial charge on any atom is 0.131 e. The first-order valence-corrected chi connectivity index (χ1v) is 14.6. The highest BCUT2D eigenvalue weighted by Crippen LogP contribution is 2.68. The van der Waals surface area contributed by atoms with E-state index in [1.165, 1.54) is 50.3 Å². The van der Waals surface area contributed by atoms with Crippen LogP contribution in [-0.4, -0.2) is 27.5 Å². The van der Waals surface area contributed by atoms with Gasteiger partial charge in [-0.15, -0.1) is 0 Å². The molecule has 36 heavy (non-hydrogen) atoms. The lowest BCUT2D eigenvalue weighted by Crippen LogP contribution is -2.58. The molecular weight excluding hydrogens is 458 g/mol. The molecule has 3 N–H and O–H groups in total. The number of hydrogen-bond acceptors (Lipinski definition) is 3. The molecule has 0 heterocycles. The van der Waals surface area contributed by atoms with E-state index in [9.17, 15) is 24.1 Å². The van der Waals surface area contributed by atoms with Crippen molar-refractivity contribution in [3.8, 4) is 0 Å². The van der Waals surface area contributed by atoms with Gasteiger partial charge in [-0.3, -0.25) is 0 Å². The summed E-state index contributed by atoms with van der Waals surface area (Å²) in [6.07, 6.45) is 8.85. The van der Waals surface area contributed by atoms with Crippen LogP contribution in [0.1, 0.15) is 103 Å². The van der Waals surface area contributed by atoms with E-state index in [0.717, 1.165) is 43.9 Å². The molecule has 0 radical (unpaired) electrons. The Morgan fingerprint density at radius 2 is 1.50 bits per heavy atom. The van der Waals surface area contributed by atoms with Gasteiger partial charge in [-0.2, -0.15) is 0 Å². The van der Waals surface area contributed by atoms with Crippen molar-refractivity contribution >= 4 is 0 Å². The Bertz CT molecular complexity index is 918. The van der Waals surface area contributed by atoms with Crippen LogP contribution in [0, 0.1) is 58.0 Å². The summed E-state index contributed by atoms with van der Waals surface area (Å²) in [5.74, 6) is 2.16. The smallest absolute Gasteiger partial charge is 0.131 e. The van der Waals surface area contributed by atoms with Gasteiger partial charge in [0.25, 0.3) is 0 Å². The van der Waals surface area contributed by atoms with Crippen molar-refractivity contribution in [2.75, 3.05) is 0 Å². The molecule has 0 spiro atoms. The third-order valence-corrected chi connectivity index (χ3v) is 12.0. The van der Waals surface area contributed by atoms with Crippen molar-refractivity contribution in [1.29, 1.82) is 0 Å². The molecule has 0 amide bonds. The van der Waals surface area contributed by atoms with E-state index < -0.39 is 29.9 Å². The van der Waals surface area contributed by atoms with E-state index in [1.54, 1.807) is 0 Å². The molecule has 4 fully saturated rings. The zero-order valence-electron chi connectivity index (χ0n) is 22.3. The summed E-state index contributed by atoms with van der Waals surface area (Å²) in [4.78, 5) is 0. The molecule has 3 nitrogen and oxygen atoms in total. The largest absolute Gasteiger partial charge is 0.390 e. The van der Waals surface area contributed by atoms with Gasteiger partial charge in [-0.25, -0.2) is 8.78 Å². The molecule has 5 rings (SSSR count). The van der Waals surface area contributed by atoms with E-state index in [-0.39, 0.29) is 16.9 Å². The lowest BCUT2D eigenvalue weighted by atomic mass is 9.44. The summed E-state index contributed by atoms with van der Waals surface area (Å²) >= 11 is 0. The van der Waals surface area contributed by atoms with Crippen LogP contribution in [-0.2, 0) is 0 Å². The highest BCUT2D eigenvalue weighted by Gasteiger charge is 2.61. The van der Waals surface area contributed by atoms with Gasteiger partial charge in [0.1, 0.15) is 11.6 Å². The molecule has 11 atom stereocenters. The van der Waals surface area contributed by atoms with Crippen molar-refractivity contribution in [3.05, 3.63) is 35.4 Å². The van der Waals surface area contributed by atoms with Gasteiger partial charge in [0, 0.05) is 0 Å². The quantitative estimate of drug-likeness (QED) is 0.399. The van der Waals surface area contributed by atoms with E-state index in [2.05, 4.69) is 20.8 Å². The van der Waals surface area contributed by atoms with Gasteiger partial charge in [-0.1, -0.05) is 39.7 Å². The van der Waals surface area contributed by atoms with Crippen LogP contribution in [0.2, 0.25) is 0 Å². The fourth-order valence-corrected chi connectivity index (χ4v) is 10.1. The van der Waals surface area contributed by atoms with Gasteiger partial charge < -0.3 is 15.3 Å². The Morgan fingerprint density at radius 1 is 0.861 bits per heavy atom. The first-order valence-electron chi connectivity index (χ1n) is 14.6. The standard InChI is InChI=1S/C31H46F2O3/c1-18(6-4-9-26(34)28-24(32)7-5-8-25(28)33)20-12-13-21-19-10-11-23-29(36)27(35)15-17-31(23,3)22(19)14-16-30(20,21)2/h5,7-8,18-23,26-27,29,34-36H,4,6,9-17H2,1-3H3/t18-,19+,20-,21+,22+,23+,26?,27+,29-,30-,31-/m1/s1. The predicted molar refractivity (Wildman–Crippen MR) is 137 cm³/mol. The molecule has 0 aliphatic heterocycles. The summed E-state index contributed by atoms with van der Waals surface area (Å²) < 4.78 is 28.1. The third kappa shape index (κ3) is 4.25. The van der Waals surface area contributed by atoms with Crippen LogP contribution in [0.3, 0.4) is 0 Å². The van der Waals surface area contributed by atoms with Gasteiger partial charge >= 0.3 is 0 Å². The highest BCUT2D eigenvalue weighted by atomic mass is 19.1. The average Bonchev–Trinajstić information content (AvgIpc) is 3.19. The first kappa shape index (κ1) is 26.6. The summed E-state index contributed by atoms with van der Waals surface area (Å²) in [5, 5.41) is 31.6. The van der Waals surface area contributed by atoms with E-state index in [0.29, 0.717) is 29.6 Å². The average molecular weight is 505 g/mol. The first-order chi connectivity index (χ1) is 17.1. The van der Waals surface area contributed by atoms with Crippen molar-refractivity contribution in [3.63, 3.8) is 0 Å². The van der Waals surface area contributed by atoms with Gasteiger partial charge in [-0.05, 0) is 116 Å². The van der Waals surface area contributed by atoms with Crippen LogP contribution in [0.5, 0.6) is 0 Å². The summed E-state index contributed by atoms with van der Waals surface area (Å²) in [6, 6.07) is 3.76. The predicted octanol–water partition coefficient (Wildman–Crippen LogP) is 6.80. The number of benzene rings is 1. The van der Waals surface area contributed by atoms with Gasteiger partial charge in [0.2, 0.25) is 0 Å². The molecule has 4 aliphatic carbocycles. The van der Waals surface area contributed by atoms with Crippen molar-refractivity contribution in [2.24, 2.45) is 46.3 Å². The van der Waals surface area contributed by atoms with Crippen molar-refractivity contribution in [1.82, 2.24) is 0 Å². The Balaban J connectivity index is 1.22. The van der Waals surface area contributed by atoms with Crippen LogP contribution in [0.15, 0.2) is 18.2 Å². The normalized spacial score (nSPS) is 43.8. The Kier molecular flexibility index (Phi) is 7.33. The second-order valence-electron chi connectivity index (χ2n) is 13.5. The van der Waals surface area contributed by atoms with E-state index in [1.807, 2.05) is 0 Å². The van der Waals surface area contributed by atoms with E-state index >= 15 is 0 Å². The van der Waals surface area contributed by atoms with Crippen molar-refractivity contribution < 1.29 is 24.1 Å². The Labute approximate surface area is 215 Å². The minimum absolute atomic E-state index is 0.144. The van der Waals surface area contributed by atoms with E-state index in [4.69, 9.17) is 0 Å². The molecule has 4 aliphatic rings. The Hall–Kier alpha value is -1.04. The van der Waals surface area contributed by atoms with Crippen molar-refractivity contribution in [2.45, 2.75) is 110 Å². The monoisotopic (exact) mass is 504 g/mol. The highest BCUT2D eigenvalue weighted by molar-refractivity contribution is 5.22. The van der Waals surface area contributed by atoms with Gasteiger partial charge in [0.15, 0.2) is 0 Å². The number of fused-ring (bicyclic) bond motifs is 5. The molecule has 5 heteroatoms. The molecular formula is C31H46F2O3. The maximum atomic E-state index is 14.0. The third-order valence-electron chi connectivity index (χ3n) is 12.0. The molecule has 1 aromatic carbocycles. The second-order valence-corrected chi connectivity index (χ2v) is 13.5.